The first-order chi connectivity index (χ1) is 10.1. The summed E-state index contributed by atoms with van der Waals surface area (Å²) in [5.41, 5.74) is 2.61. The van der Waals surface area contributed by atoms with Crippen molar-refractivity contribution >= 4 is 11.3 Å². The minimum absolute atomic E-state index is 0.0272. The summed E-state index contributed by atoms with van der Waals surface area (Å²) in [4.78, 5) is 0. The largest absolute Gasteiger partial charge is 0.507 e. The third kappa shape index (κ3) is 2.52. The second-order valence-corrected chi connectivity index (χ2v) is 5.96. The Morgan fingerprint density at radius 2 is 1.81 bits per heavy atom. The summed E-state index contributed by atoms with van der Waals surface area (Å²) in [6, 6.07) is 10.6. The van der Waals surface area contributed by atoms with Gasteiger partial charge < -0.3 is 5.11 Å². The third-order valence-electron chi connectivity index (χ3n) is 3.31. The van der Waals surface area contributed by atoms with Crippen LogP contribution >= 0.6 is 11.3 Å². The van der Waals surface area contributed by atoms with E-state index in [1.807, 2.05) is 31.2 Å². The van der Waals surface area contributed by atoms with Crippen LogP contribution in [-0.2, 0) is 0 Å². The van der Waals surface area contributed by atoms with Crippen molar-refractivity contribution in [3.05, 3.63) is 52.8 Å². The van der Waals surface area contributed by atoms with Crippen molar-refractivity contribution in [1.82, 2.24) is 10.2 Å². The van der Waals surface area contributed by atoms with Crippen LogP contribution in [0.4, 0.5) is 4.39 Å². The standard InChI is InChI=1S/C16H13FN2OS/c1-9-14(17)7-6-13(15(9)20)11-4-3-5-12(8-11)16-19-18-10(2)21-16/h3-8,20H,1-2H3. The molecule has 0 fully saturated rings. The van der Waals surface area contributed by atoms with Gasteiger partial charge in [-0.15, -0.1) is 10.2 Å². The highest BCUT2D eigenvalue weighted by molar-refractivity contribution is 7.14. The SMILES string of the molecule is Cc1nnc(-c2cccc(-c3ccc(F)c(C)c3O)c2)s1. The van der Waals surface area contributed by atoms with Gasteiger partial charge in [0.2, 0.25) is 0 Å². The maximum absolute atomic E-state index is 13.4. The fraction of sp³-hybridized carbons (Fsp3) is 0.125. The molecule has 1 N–H and O–H groups in total. The van der Waals surface area contributed by atoms with Crippen LogP contribution in [0.3, 0.4) is 0 Å². The lowest BCUT2D eigenvalue weighted by Gasteiger charge is -2.09. The molecular weight excluding hydrogens is 287 g/mol. The summed E-state index contributed by atoms with van der Waals surface area (Å²) in [6.45, 7) is 3.46. The molecule has 3 aromatic rings. The molecule has 0 atom stereocenters. The Hall–Kier alpha value is -2.27. The fourth-order valence-electron chi connectivity index (χ4n) is 2.14. The van der Waals surface area contributed by atoms with E-state index in [-0.39, 0.29) is 11.3 Å². The highest BCUT2D eigenvalue weighted by Gasteiger charge is 2.12. The molecule has 106 valence electrons. The molecule has 0 aliphatic heterocycles. The minimum atomic E-state index is -0.410. The van der Waals surface area contributed by atoms with E-state index in [0.717, 1.165) is 21.1 Å². The smallest absolute Gasteiger partial charge is 0.147 e. The lowest BCUT2D eigenvalue weighted by Crippen LogP contribution is -1.87. The second-order valence-electron chi connectivity index (χ2n) is 4.78. The molecule has 0 amide bonds. The lowest BCUT2D eigenvalue weighted by atomic mass is 10.00. The summed E-state index contributed by atoms with van der Waals surface area (Å²) in [5.74, 6) is -0.437. The molecule has 0 aliphatic rings. The van der Waals surface area contributed by atoms with Crippen molar-refractivity contribution in [2.45, 2.75) is 13.8 Å². The van der Waals surface area contributed by atoms with Gasteiger partial charge in [0, 0.05) is 16.7 Å². The summed E-state index contributed by atoms with van der Waals surface area (Å²) in [7, 11) is 0. The van der Waals surface area contributed by atoms with Crippen LogP contribution in [0.5, 0.6) is 5.75 Å². The Morgan fingerprint density at radius 3 is 2.52 bits per heavy atom. The van der Waals surface area contributed by atoms with E-state index in [2.05, 4.69) is 10.2 Å². The van der Waals surface area contributed by atoms with Gasteiger partial charge in [0.05, 0.1) is 0 Å². The lowest BCUT2D eigenvalue weighted by molar-refractivity contribution is 0.465. The van der Waals surface area contributed by atoms with E-state index in [4.69, 9.17) is 0 Å². The highest BCUT2D eigenvalue weighted by atomic mass is 32.1. The van der Waals surface area contributed by atoms with Gasteiger partial charge in [-0.2, -0.15) is 0 Å². The van der Waals surface area contributed by atoms with Crippen molar-refractivity contribution in [1.29, 1.82) is 0 Å². The highest BCUT2D eigenvalue weighted by Crippen LogP contribution is 2.35. The number of aromatic nitrogens is 2. The average molecular weight is 300 g/mol. The number of benzene rings is 2. The molecule has 0 unspecified atom stereocenters. The molecule has 1 aromatic heterocycles. The summed E-state index contributed by atoms with van der Waals surface area (Å²) in [6.07, 6.45) is 0. The van der Waals surface area contributed by atoms with E-state index < -0.39 is 5.82 Å². The first-order valence-electron chi connectivity index (χ1n) is 6.45. The van der Waals surface area contributed by atoms with Gasteiger partial charge >= 0.3 is 0 Å². The number of phenols is 1. The van der Waals surface area contributed by atoms with Crippen molar-refractivity contribution < 1.29 is 9.50 Å². The number of hydrogen-bond acceptors (Lipinski definition) is 4. The molecular formula is C16H13FN2OS. The Balaban J connectivity index is 2.10. The summed E-state index contributed by atoms with van der Waals surface area (Å²) in [5, 5.41) is 20.0. The topological polar surface area (TPSA) is 46.0 Å². The Kier molecular flexibility index (Phi) is 3.43. The van der Waals surface area contributed by atoms with Crippen LogP contribution in [0.2, 0.25) is 0 Å². The van der Waals surface area contributed by atoms with Gasteiger partial charge in [-0.05, 0) is 37.6 Å². The number of halogens is 1. The molecule has 0 saturated carbocycles. The molecule has 0 bridgehead atoms. The number of nitrogens with zero attached hydrogens (tertiary/aromatic N) is 2. The Bertz CT molecular complexity index is 814. The van der Waals surface area contributed by atoms with Crippen LogP contribution in [0, 0.1) is 19.7 Å². The second kappa shape index (κ2) is 5.26. The van der Waals surface area contributed by atoms with Gasteiger partial charge in [-0.3, -0.25) is 0 Å². The van der Waals surface area contributed by atoms with Crippen LogP contribution in [-0.4, -0.2) is 15.3 Å². The van der Waals surface area contributed by atoms with E-state index >= 15 is 0 Å². The van der Waals surface area contributed by atoms with E-state index in [1.165, 1.54) is 17.4 Å². The van der Waals surface area contributed by atoms with Gasteiger partial charge in [0.1, 0.15) is 21.6 Å². The third-order valence-corrected chi connectivity index (χ3v) is 4.20. The monoisotopic (exact) mass is 300 g/mol. The van der Waals surface area contributed by atoms with Crippen molar-refractivity contribution in [2.24, 2.45) is 0 Å². The molecule has 0 saturated heterocycles. The van der Waals surface area contributed by atoms with E-state index in [9.17, 15) is 9.50 Å². The van der Waals surface area contributed by atoms with Gasteiger partial charge in [-0.1, -0.05) is 29.5 Å². The first kappa shape index (κ1) is 13.7. The Labute approximate surface area is 125 Å². The maximum atomic E-state index is 13.4. The predicted octanol–water partition coefficient (Wildman–Crippen LogP) is 4.33. The van der Waals surface area contributed by atoms with Crippen molar-refractivity contribution in [3.63, 3.8) is 0 Å². The fourth-order valence-corrected chi connectivity index (χ4v) is 2.83. The van der Waals surface area contributed by atoms with E-state index in [1.54, 1.807) is 13.0 Å². The van der Waals surface area contributed by atoms with E-state index in [0.29, 0.717) is 5.56 Å². The molecule has 3 nitrogen and oxygen atoms in total. The zero-order valence-electron chi connectivity index (χ0n) is 11.6. The molecule has 0 radical (unpaired) electrons. The molecule has 2 aromatic carbocycles. The van der Waals surface area contributed by atoms with Crippen molar-refractivity contribution in [2.75, 3.05) is 0 Å². The number of aryl methyl sites for hydroxylation is 1. The average Bonchev–Trinajstić information content (AvgIpc) is 2.92. The quantitative estimate of drug-likeness (QED) is 0.766. The molecule has 5 heteroatoms. The van der Waals surface area contributed by atoms with Gasteiger partial charge in [-0.25, -0.2) is 4.39 Å². The molecule has 3 rings (SSSR count). The van der Waals surface area contributed by atoms with Gasteiger partial charge in [0.15, 0.2) is 0 Å². The zero-order valence-corrected chi connectivity index (χ0v) is 12.4. The summed E-state index contributed by atoms with van der Waals surface area (Å²) >= 11 is 1.51. The molecule has 1 heterocycles. The maximum Gasteiger partial charge on any atom is 0.147 e. The summed E-state index contributed by atoms with van der Waals surface area (Å²) < 4.78 is 13.4. The number of rotatable bonds is 2. The van der Waals surface area contributed by atoms with Crippen LogP contribution in [0.15, 0.2) is 36.4 Å². The molecule has 21 heavy (non-hydrogen) atoms. The van der Waals surface area contributed by atoms with Crippen LogP contribution in [0.25, 0.3) is 21.7 Å². The number of phenolic OH excluding ortho intramolecular Hbond substituents is 1. The van der Waals surface area contributed by atoms with Crippen LogP contribution < -0.4 is 0 Å². The van der Waals surface area contributed by atoms with Crippen molar-refractivity contribution in [3.8, 4) is 27.4 Å². The number of hydrogen-bond donors (Lipinski definition) is 1. The minimum Gasteiger partial charge on any atom is -0.507 e. The Morgan fingerprint density at radius 1 is 1.05 bits per heavy atom. The predicted molar refractivity (Wildman–Crippen MR) is 81.9 cm³/mol. The molecule has 0 spiro atoms. The van der Waals surface area contributed by atoms with Crippen LogP contribution in [0.1, 0.15) is 10.6 Å². The molecule has 0 aliphatic carbocycles. The van der Waals surface area contributed by atoms with Gasteiger partial charge in [0.25, 0.3) is 0 Å². The first-order valence-corrected chi connectivity index (χ1v) is 7.27. The number of aromatic hydroxyl groups is 1. The normalized spacial score (nSPS) is 10.8. The zero-order chi connectivity index (χ0) is 15.0.